The molecule has 0 aromatic heterocycles. The van der Waals surface area contributed by atoms with Crippen LogP contribution in [-0.4, -0.2) is 27.6 Å². The van der Waals surface area contributed by atoms with Crippen molar-refractivity contribution < 1.29 is 14.8 Å². The van der Waals surface area contributed by atoms with Gasteiger partial charge in [-0.2, -0.15) is 0 Å². The van der Waals surface area contributed by atoms with Crippen molar-refractivity contribution in [3.8, 4) is 0 Å². The first-order valence-electron chi connectivity index (χ1n) is 6.28. The number of anilines is 2. The molecule has 1 atom stereocenters. The third-order valence-corrected chi connectivity index (χ3v) is 3.54. The van der Waals surface area contributed by atoms with E-state index in [9.17, 15) is 20.0 Å². The van der Waals surface area contributed by atoms with Crippen molar-refractivity contribution >= 4 is 23.0 Å². The van der Waals surface area contributed by atoms with Crippen LogP contribution in [0.25, 0.3) is 0 Å². The minimum Gasteiger partial charge on any atom is -0.391 e. The normalized spacial score (nSPS) is 15.5. The quantitative estimate of drug-likeness (QED) is 0.574. The van der Waals surface area contributed by atoms with E-state index >= 15 is 0 Å². The Morgan fingerprint density at radius 2 is 2.15 bits per heavy atom. The number of carbonyl (C=O) groups excluding carboxylic acids is 1. The minimum absolute atomic E-state index is 0.103. The summed E-state index contributed by atoms with van der Waals surface area (Å²) in [5.41, 5.74) is 0.629. The molecule has 1 aromatic rings. The monoisotopic (exact) mass is 279 g/mol. The van der Waals surface area contributed by atoms with Gasteiger partial charge in [-0.05, 0) is 32.4 Å². The molecule has 2 rings (SSSR count). The fourth-order valence-electron chi connectivity index (χ4n) is 1.96. The van der Waals surface area contributed by atoms with Gasteiger partial charge < -0.3 is 15.7 Å². The maximum Gasteiger partial charge on any atom is 0.292 e. The molecule has 20 heavy (non-hydrogen) atoms. The Kier molecular flexibility index (Phi) is 3.39. The van der Waals surface area contributed by atoms with Gasteiger partial charge in [0.15, 0.2) is 0 Å². The number of benzene rings is 1. The highest BCUT2D eigenvalue weighted by molar-refractivity contribution is 6.00. The maximum absolute atomic E-state index is 11.3. The van der Waals surface area contributed by atoms with Crippen LogP contribution in [0, 0.1) is 10.1 Å². The molecule has 0 aliphatic carbocycles. The second-order valence-corrected chi connectivity index (χ2v) is 5.53. The van der Waals surface area contributed by atoms with Gasteiger partial charge in [-0.15, -0.1) is 0 Å². The maximum atomic E-state index is 11.3. The van der Waals surface area contributed by atoms with Crippen molar-refractivity contribution in [1.82, 2.24) is 0 Å². The summed E-state index contributed by atoms with van der Waals surface area (Å²) in [5.74, 6) is -0.179. The van der Waals surface area contributed by atoms with E-state index in [1.165, 1.54) is 6.07 Å². The molecule has 108 valence electrons. The summed E-state index contributed by atoms with van der Waals surface area (Å²) in [7, 11) is 0. The third kappa shape index (κ3) is 2.57. The largest absolute Gasteiger partial charge is 0.391 e. The zero-order valence-electron chi connectivity index (χ0n) is 11.6. The Labute approximate surface area is 116 Å². The lowest BCUT2D eigenvalue weighted by atomic mass is 9.97. The van der Waals surface area contributed by atoms with Gasteiger partial charge in [0.25, 0.3) is 5.69 Å². The first-order valence-corrected chi connectivity index (χ1v) is 6.28. The average Bonchev–Trinajstić information content (AvgIpc) is 2.66. The number of nitrogens with one attached hydrogen (secondary N) is 2. The van der Waals surface area contributed by atoms with Crippen molar-refractivity contribution in [1.29, 1.82) is 0 Å². The molecule has 1 unspecified atom stereocenters. The van der Waals surface area contributed by atoms with Gasteiger partial charge >= 0.3 is 0 Å². The first kappa shape index (κ1) is 14.3. The molecule has 0 fully saturated rings. The van der Waals surface area contributed by atoms with Crippen LogP contribution in [0.4, 0.5) is 17.1 Å². The summed E-state index contributed by atoms with van der Waals surface area (Å²) in [6.07, 6.45) is -0.555. The molecule has 3 N–H and O–H groups in total. The number of nitrogens with zero attached hydrogens (tertiary/aromatic N) is 1. The Morgan fingerprint density at radius 3 is 2.70 bits per heavy atom. The van der Waals surface area contributed by atoms with Gasteiger partial charge in [0.2, 0.25) is 5.91 Å². The Bertz CT molecular complexity index is 581. The highest BCUT2D eigenvalue weighted by Crippen LogP contribution is 2.36. The van der Waals surface area contributed by atoms with Crippen molar-refractivity contribution in [2.24, 2.45) is 0 Å². The lowest BCUT2D eigenvalue weighted by Crippen LogP contribution is -2.42. The molecule has 0 spiro atoms. The topological polar surface area (TPSA) is 104 Å². The van der Waals surface area contributed by atoms with Crippen LogP contribution in [-0.2, 0) is 11.2 Å². The number of nitro benzene ring substituents is 1. The first-order chi connectivity index (χ1) is 9.20. The van der Waals surface area contributed by atoms with E-state index < -0.39 is 16.6 Å². The second kappa shape index (κ2) is 4.75. The molecule has 7 nitrogen and oxygen atoms in total. The molecule has 7 heteroatoms. The third-order valence-electron chi connectivity index (χ3n) is 3.54. The minimum atomic E-state index is -0.735. The number of carbonyl (C=O) groups is 1. The average molecular weight is 279 g/mol. The smallest absolute Gasteiger partial charge is 0.292 e. The fourth-order valence-corrected chi connectivity index (χ4v) is 1.96. The predicted octanol–water partition coefficient (Wildman–Crippen LogP) is 1.66. The summed E-state index contributed by atoms with van der Waals surface area (Å²) < 4.78 is 0. The number of hydrogen-bond acceptors (Lipinski definition) is 5. The molecule has 1 amide bonds. The highest BCUT2D eigenvalue weighted by atomic mass is 16.6. The van der Waals surface area contributed by atoms with Gasteiger partial charge in [-0.25, -0.2) is 0 Å². The van der Waals surface area contributed by atoms with Crippen molar-refractivity contribution in [3.63, 3.8) is 0 Å². The van der Waals surface area contributed by atoms with Crippen LogP contribution in [0.3, 0.4) is 0 Å². The van der Waals surface area contributed by atoms with E-state index in [2.05, 4.69) is 10.6 Å². The zero-order chi connectivity index (χ0) is 15.1. The molecular formula is C13H17N3O4. The lowest BCUT2D eigenvalue weighted by molar-refractivity contribution is -0.384. The summed E-state index contributed by atoms with van der Waals surface area (Å²) in [5, 5.41) is 26.5. The van der Waals surface area contributed by atoms with Crippen LogP contribution >= 0.6 is 0 Å². The molecule has 0 saturated heterocycles. The van der Waals surface area contributed by atoms with E-state index in [1.54, 1.807) is 26.8 Å². The summed E-state index contributed by atoms with van der Waals surface area (Å²) in [6, 6.07) is 2.94. The fraction of sp³-hybridized carbons (Fsp3) is 0.462. The Hall–Kier alpha value is -2.15. The number of aliphatic hydroxyl groups excluding tert-OH is 1. The molecular weight excluding hydrogens is 262 g/mol. The van der Waals surface area contributed by atoms with Crippen LogP contribution < -0.4 is 10.6 Å². The van der Waals surface area contributed by atoms with Gasteiger partial charge in [-0.3, -0.25) is 14.9 Å². The van der Waals surface area contributed by atoms with E-state index in [1.807, 2.05) is 0 Å². The second-order valence-electron chi connectivity index (χ2n) is 5.53. The van der Waals surface area contributed by atoms with Gasteiger partial charge in [-0.1, -0.05) is 0 Å². The van der Waals surface area contributed by atoms with Crippen LogP contribution in [0.5, 0.6) is 0 Å². The van der Waals surface area contributed by atoms with Gasteiger partial charge in [0.1, 0.15) is 5.69 Å². The van der Waals surface area contributed by atoms with E-state index in [4.69, 9.17) is 0 Å². The zero-order valence-corrected chi connectivity index (χ0v) is 11.6. The van der Waals surface area contributed by atoms with E-state index in [0.29, 0.717) is 11.3 Å². The number of hydrogen-bond donors (Lipinski definition) is 3. The molecule has 1 aliphatic heterocycles. The number of rotatable bonds is 4. The number of amides is 1. The molecule has 1 aromatic carbocycles. The molecule has 0 saturated carbocycles. The van der Waals surface area contributed by atoms with Crippen LogP contribution in [0.1, 0.15) is 26.3 Å². The molecule has 1 aliphatic rings. The summed E-state index contributed by atoms with van der Waals surface area (Å²) >= 11 is 0. The van der Waals surface area contributed by atoms with Crippen LogP contribution in [0.2, 0.25) is 0 Å². The van der Waals surface area contributed by atoms with E-state index in [-0.39, 0.29) is 23.7 Å². The van der Waals surface area contributed by atoms with Crippen LogP contribution in [0.15, 0.2) is 12.1 Å². The summed E-state index contributed by atoms with van der Waals surface area (Å²) in [4.78, 5) is 22.0. The highest BCUT2D eigenvalue weighted by Gasteiger charge is 2.30. The molecule has 0 radical (unpaired) electrons. The van der Waals surface area contributed by atoms with E-state index in [0.717, 1.165) is 0 Å². The summed E-state index contributed by atoms with van der Waals surface area (Å²) in [6.45, 7) is 5.09. The number of nitro groups is 1. The molecule has 0 bridgehead atoms. The van der Waals surface area contributed by atoms with Crippen molar-refractivity contribution in [2.45, 2.75) is 38.8 Å². The number of aliphatic hydroxyl groups is 1. The number of fused-ring (bicyclic) bond motifs is 1. The van der Waals surface area contributed by atoms with Gasteiger partial charge in [0, 0.05) is 11.8 Å². The lowest BCUT2D eigenvalue weighted by Gasteiger charge is -2.30. The van der Waals surface area contributed by atoms with Gasteiger partial charge in [0.05, 0.1) is 23.0 Å². The molecule has 1 heterocycles. The predicted molar refractivity (Wildman–Crippen MR) is 74.8 cm³/mol. The van der Waals surface area contributed by atoms with Crippen molar-refractivity contribution in [3.05, 3.63) is 27.8 Å². The standard InChI is InChI=1S/C13H17N3O4/c1-7(17)13(2,3)15-10-6-9-8(5-12(18)14-9)4-11(10)16(19)20/h4,6-7,15,17H,5H2,1-3H3,(H,14,18). The Balaban J connectivity index is 2.45. The SMILES string of the molecule is CC(O)C(C)(C)Nc1cc2c(cc1[N+](=O)[O-])CC(=O)N2. The van der Waals surface area contributed by atoms with Crippen molar-refractivity contribution in [2.75, 3.05) is 10.6 Å². The Morgan fingerprint density at radius 1 is 1.50 bits per heavy atom.